The number of amides is 1. The molecule has 2 fully saturated rings. The standard InChI is InChI=1S/C17H23BrN2O.ClH/c1-20(16(21)13-3-2-10-19-11-13)12-17(8-9-17)14-4-6-15(18)7-5-14;/h4-7,13,19H,2-3,8-12H2,1H3;1H. The summed E-state index contributed by atoms with van der Waals surface area (Å²) in [5, 5.41) is 3.33. The molecule has 0 spiro atoms. The maximum absolute atomic E-state index is 12.6. The van der Waals surface area contributed by atoms with Crippen LogP contribution in [0.1, 0.15) is 31.2 Å². The normalized spacial score (nSPS) is 22.5. The Morgan fingerprint density at radius 2 is 2.05 bits per heavy atom. The van der Waals surface area contributed by atoms with Crippen molar-refractivity contribution in [2.45, 2.75) is 31.1 Å². The van der Waals surface area contributed by atoms with Crippen molar-refractivity contribution in [2.75, 3.05) is 26.7 Å². The van der Waals surface area contributed by atoms with Crippen LogP contribution in [0.5, 0.6) is 0 Å². The quantitative estimate of drug-likeness (QED) is 0.859. The number of hydrogen-bond donors (Lipinski definition) is 1. The second-order valence-electron chi connectivity index (χ2n) is 6.52. The van der Waals surface area contributed by atoms with Crippen molar-refractivity contribution in [1.29, 1.82) is 0 Å². The fourth-order valence-corrected chi connectivity index (χ4v) is 3.66. The first kappa shape index (κ1) is 17.8. The van der Waals surface area contributed by atoms with Gasteiger partial charge in [-0.25, -0.2) is 0 Å². The molecule has 5 heteroatoms. The number of nitrogens with one attached hydrogen (secondary N) is 1. The van der Waals surface area contributed by atoms with E-state index in [0.717, 1.165) is 36.9 Å². The predicted octanol–water partition coefficient (Wildman–Crippen LogP) is 3.36. The van der Waals surface area contributed by atoms with Crippen LogP contribution in [-0.2, 0) is 10.2 Å². The molecule has 1 saturated carbocycles. The number of piperidine rings is 1. The third-order valence-corrected chi connectivity index (χ3v) is 5.40. The van der Waals surface area contributed by atoms with Crippen LogP contribution in [0.4, 0.5) is 0 Å². The minimum atomic E-state index is 0. The highest BCUT2D eigenvalue weighted by atomic mass is 79.9. The second kappa shape index (κ2) is 7.33. The molecule has 0 radical (unpaired) electrons. The van der Waals surface area contributed by atoms with Gasteiger partial charge in [0.15, 0.2) is 0 Å². The summed E-state index contributed by atoms with van der Waals surface area (Å²) in [5.41, 5.74) is 1.57. The zero-order valence-corrected chi connectivity index (χ0v) is 15.4. The molecular weight excluding hydrogens is 364 g/mol. The Morgan fingerprint density at radius 1 is 1.36 bits per heavy atom. The molecule has 1 amide bonds. The van der Waals surface area contributed by atoms with E-state index < -0.39 is 0 Å². The van der Waals surface area contributed by atoms with E-state index >= 15 is 0 Å². The summed E-state index contributed by atoms with van der Waals surface area (Å²) in [6.07, 6.45) is 4.52. The van der Waals surface area contributed by atoms with Crippen LogP contribution in [-0.4, -0.2) is 37.5 Å². The molecule has 122 valence electrons. The molecule has 1 saturated heterocycles. The van der Waals surface area contributed by atoms with Crippen LogP contribution in [0.25, 0.3) is 0 Å². The third kappa shape index (κ3) is 3.84. The highest BCUT2D eigenvalue weighted by Gasteiger charge is 2.46. The van der Waals surface area contributed by atoms with Crippen LogP contribution in [0.15, 0.2) is 28.7 Å². The smallest absolute Gasteiger partial charge is 0.226 e. The Labute approximate surface area is 147 Å². The number of hydrogen-bond acceptors (Lipinski definition) is 2. The fraction of sp³-hybridized carbons (Fsp3) is 0.588. The molecule has 1 aromatic rings. The molecule has 0 bridgehead atoms. The van der Waals surface area contributed by atoms with E-state index in [-0.39, 0.29) is 23.7 Å². The molecule has 1 aliphatic carbocycles. The van der Waals surface area contributed by atoms with Gasteiger partial charge in [0, 0.05) is 30.0 Å². The summed E-state index contributed by atoms with van der Waals surface area (Å²) in [7, 11) is 1.97. The molecule has 1 N–H and O–H groups in total. The molecule has 1 heterocycles. The molecule has 2 aliphatic rings. The lowest BCUT2D eigenvalue weighted by Crippen LogP contribution is -2.43. The van der Waals surface area contributed by atoms with Gasteiger partial charge >= 0.3 is 0 Å². The number of halogens is 2. The second-order valence-corrected chi connectivity index (χ2v) is 7.44. The summed E-state index contributed by atoms with van der Waals surface area (Å²) in [4.78, 5) is 14.5. The van der Waals surface area contributed by atoms with Gasteiger partial charge in [-0.15, -0.1) is 12.4 Å². The first-order chi connectivity index (χ1) is 10.1. The van der Waals surface area contributed by atoms with Gasteiger partial charge in [-0.1, -0.05) is 28.1 Å². The average Bonchev–Trinajstić information content (AvgIpc) is 3.28. The zero-order valence-electron chi connectivity index (χ0n) is 13.0. The Balaban J connectivity index is 0.00000176. The van der Waals surface area contributed by atoms with E-state index in [4.69, 9.17) is 0 Å². The maximum Gasteiger partial charge on any atom is 0.226 e. The van der Waals surface area contributed by atoms with Gasteiger partial charge in [-0.2, -0.15) is 0 Å². The molecule has 0 aromatic heterocycles. The van der Waals surface area contributed by atoms with Crippen molar-refractivity contribution in [1.82, 2.24) is 10.2 Å². The Bertz CT molecular complexity index is 510. The number of nitrogens with zero attached hydrogens (tertiary/aromatic N) is 1. The van der Waals surface area contributed by atoms with E-state index in [1.165, 1.54) is 18.4 Å². The largest absolute Gasteiger partial charge is 0.345 e. The van der Waals surface area contributed by atoms with Crippen LogP contribution in [0.3, 0.4) is 0 Å². The van der Waals surface area contributed by atoms with Crippen molar-refractivity contribution in [3.8, 4) is 0 Å². The van der Waals surface area contributed by atoms with Gasteiger partial charge in [-0.05, 0) is 49.9 Å². The molecule has 22 heavy (non-hydrogen) atoms. The SMILES string of the molecule is CN(CC1(c2ccc(Br)cc2)CC1)C(=O)C1CCCNC1.Cl. The van der Waals surface area contributed by atoms with Crippen molar-refractivity contribution >= 4 is 34.2 Å². The lowest BCUT2D eigenvalue weighted by atomic mass is 9.93. The highest BCUT2D eigenvalue weighted by Crippen LogP contribution is 2.48. The number of likely N-dealkylation sites (N-methyl/N-ethyl adjacent to an activating group) is 1. The Hall–Kier alpha value is -0.580. The lowest BCUT2D eigenvalue weighted by molar-refractivity contribution is -0.135. The highest BCUT2D eigenvalue weighted by molar-refractivity contribution is 9.10. The van der Waals surface area contributed by atoms with Crippen LogP contribution >= 0.6 is 28.3 Å². The summed E-state index contributed by atoms with van der Waals surface area (Å²) in [5.74, 6) is 0.482. The molecule has 1 aromatic carbocycles. The van der Waals surface area contributed by atoms with Gasteiger partial charge < -0.3 is 10.2 Å². The molecule has 1 aliphatic heterocycles. The zero-order chi connectivity index (χ0) is 14.9. The van der Waals surface area contributed by atoms with E-state index in [9.17, 15) is 4.79 Å². The molecule has 1 unspecified atom stereocenters. The number of rotatable bonds is 4. The molecule has 1 atom stereocenters. The van der Waals surface area contributed by atoms with Gasteiger partial charge in [0.1, 0.15) is 0 Å². The number of carbonyl (C=O) groups excluding carboxylic acids is 1. The Morgan fingerprint density at radius 3 is 2.59 bits per heavy atom. The molecular formula is C17H24BrClN2O. The van der Waals surface area contributed by atoms with Crippen molar-refractivity contribution in [3.63, 3.8) is 0 Å². The Kier molecular flexibility index (Phi) is 5.92. The fourth-order valence-electron chi connectivity index (χ4n) is 3.40. The van der Waals surface area contributed by atoms with Crippen molar-refractivity contribution < 1.29 is 4.79 Å². The van der Waals surface area contributed by atoms with Gasteiger partial charge in [0.2, 0.25) is 5.91 Å². The maximum atomic E-state index is 12.6. The van der Waals surface area contributed by atoms with Crippen LogP contribution < -0.4 is 5.32 Å². The first-order valence-corrected chi connectivity index (χ1v) is 8.62. The van der Waals surface area contributed by atoms with E-state index in [2.05, 4.69) is 45.5 Å². The number of carbonyl (C=O) groups is 1. The summed E-state index contributed by atoms with van der Waals surface area (Å²) in [6, 6.07) is 8.58. The monoisotopic (exact) mass is 386 g/mol. The van der Waals surface area contributed by atoms with Crippen LogP contribution in [0, 0.1) is 5.92 Å². The summed E-state index contributed by atoms with van der Waals surface area (Å²) >= 11 is 3.49. The third-order valence-electron chi connectivity index (χ3n) is 4.87. The minimum absolute atomic E-state index is 0. The van der Waals surface area contributed by atoms with Gasteiger partial charge in [0.05, 0.1) is 5.92 Å². The first-order valence-electron chi connectivity index (χ1n) is 7.82. The number of benzene rings is 1. The van der Waals surface area contributed by atoms with E-state index in [1.54, 1.807) is 0 Å². The van der Waals surface area contributed by atoms with Gasteiger partial charge in [0.25, 0.3) is 0 Å². The van der Waals surface area contributed by atoms with E-state index in [0.29, 0.717) is 5.91 Å². The topological polar surface area (TPSA) is 32.3 Å². The van der Waals surface area contributed by atoms with Gasteiger partial charge in [-0.3, -0.25) is 4.79 Å². The summed E-state index contributed by atoms with van der Waals surface area (Å²) in [6.45, 7) is 2.74. The van der Waals surface area contributed by atoms with Crippen LogP contribution in [0.2, 0.25) is 0 Å². The molecule has 3 nitrogen and oxygen atoms in total. The van der Waals surface area contributed by atoms with Crippen molar-refractivity contribution in [3.05, 3.63) is 34.3 Å². The lowest BCUT2D eigenvalue weighted by Gasteiger charge is -2.30. The summed E-state index contributed by atoms with van der Waals surface area (Å²) < 4.78 is 1.11. The molecule has 3 rings (SSSR count). The van der Waals surface area contributed by atoms with E-state index in [1.807, 2.05) is 11.9 Å². The minimum Gasteiger partial charge on any atom is -0.345 e. The predicted molar refractivity (Wildman–Crippen MR) is 95.5 cm³/mol. The van der Waals surface area contributed by atoms with Crippen molar-refractivity contribution in [2.24, 2.45) is 5.92 Å². The average molecular weight is 388 g/mol.